The molecule has 0 bridgehead atoms. The minimum Gasteiger partial charge on any atom is -0.389 e. The van der Waals surface area contributed by atoms with Gasteiger partial charge in [-0.3, -0.25) is 9.97 Å². The summed E-state index contributed by atoms with van der Waals surface area (Å²) >= 11 is 5.09. The van der Waals surface area contributed by atoms with E-state index in [9.17, 15) is 0 Å². The van der Waals surface area contributed by atoms with Crippen LogP contribution < -0.4 is 11.1 Å². The number of rotatable bonds is 4. The molecule has 0 unspecified atom stereocenters. The quantitative estimate of drug-likeness (QED) is 0.823. The monoisotopic (exact) mass is 288 g/mol. The molecule has 0 aliphatic carbocycles. The molecule has 0 saturated heterocycles. The number of hydrogen-bond donors (Lipinski definition) is 2. The summed E-state index contributed by atoms with van der Waals surface area (Å²) in [6, 6.07) is 0. The highest BCUT2D eigenvalue weighted by Gasteiger charge is 2.13. The maximum absolute atomic E-state index is 5.77. The third kappa shape index (κ3) is 3.05. The Hall–Kier alpha value is -2.15. The number of aryl methyl sites for hydroxylation is 2. The van der Waals surface area contributed by atoms with E-state index in [-0.39, 0.29) is 0 Å². The van der Waals surface area contributed by atoms with E-state index < -0.39 is 0 Å². The zero-order chi connectivity index (χ0) is 14.7. The van der Waals surface area contributed by atoms with E-state index in [1.54, 1.807) is 12.4 Å². The zero-order valence-electron chi connectivity index (χ0n) is 11.6. The largest absolute Gasteiger partial charge is 0.389 e. The van der Waals surface area contributed by atoms with Crippen molar-refractivity contribution < 1.29 is 0 Å². The van der Waals surface area contributed by atoms with Gasteiger partial charge in [-0.25, -0.2) is 0 Å². The summed E-state index contributed by atoms with van der Waals surface area (Å²) in [5, 5.41) is 11.4. The lowest BCUT2D eigenvalue weighted by Crippen LogP contribution is -2.18. The van der Waals surface area contributed by atoms with E-state index >= 15 is 0 Å². The first-order valence-electron chi connectivity index (χ1n) is 6.14. The number of thiocarbonyl (C=S) groups is 1. The van der Waals surface area contributed by atoms with Crippen LogP contribution in [0.1, 0.15) is 28.2 Å². The molecule has 2 heterocycles. The number of aromatic nitrogens is 4. The van der Waals surface area contributed by atoms with Gasteiger partial charge in [0.25, 0.3) is 0 Å². The van der Waals surface area contributed by atoms with Crippen LogP contribution in [0.4, 0.5) is 5.82 Å². The molecule has 0 aromatic carbocycles. The first-order valence-corrected chi connectivity index (χ1v) is 6.55. The van der Waals surface area contributed by atoms with Crippen molar-refractivity contribution in [3.05, 3.63) is 40.6 Å². The molecule has 104 valence electrons. The fourth-order valence-electron chi connectivity index (χ4n) is 1.72. The Kier molecular flexibility index (Phi) is 4.19. The molecule has 0 fully saturated rings. The van der Waals surface area contributed by atoms with Gasteiger partial charge in [-0.15, -0.1) is 5.10 Å². The molecule has 6 nitrogen and oxygen atoms in total. The third-order valence-electron chi connectivity index (χ3n) is 2.97. The zero-order valence-corrected chi connectivity index (χ0v) is 12.5. The van der Waals surface area contributed by atoms with E-state index in [2.05, 4.69) is 25.5 Å². The van der Waals surface area contributed by atoms with Crippen LogP contribution in [0, 0.1) is 20.8 Å². The summed E-state index contributed by atoms with van der Waals surface area (Å²) < 4.78 is 0. The molecule has 7 heteroatoms. The first kappa shape index (κ1) is 14.3. The van der Waals surface area contributed by atoms with Crippen LogP contribution in [0.15, 0.2) is 12.4 Å². The molecule has 2 rings (SSSR count). The Bertz CT molecular complexity index is 638. The Balaban J connectivity index is 2.23. The fraction of sp³-hybridized carbons (Fsp3) is 0.308. The highest BCUT2D eigenvalue weighted by molar-refractivity contribution is 7.80. The van der Waals surface area contributed by atoms with E-state index in [1.165, 1.54) is 0 Å². The lowest BCUT2D eigenvalue weighted by molar-refractivity contribution is 0.924. The second-order valence-corrected chi connectivity index (χ2v) is 4.94. The van der Waals surface area contributed by atoms with Crippen molar-refractivity contribution in [3.63, 3.8) is 0 Å². The van der Waals surface area contributed by atoms with Crippen molar-refractivity contribution >= 4 is 23.0 Å². The summed E-state index contributed by atoms with van der Waals surface area (Å²) in [5.41, 5.74) is 9.93. The Morgan fingerprint density at radius 2 is 1.95 bits per heavy atom. The standard InChI is InChI=1S/C13H16N6S/c1-7-4-16-10(5-15-7)6-17-13-11(12(14)20)8(2)9(3)18-19-13/h4-5H,6H2,1-3H3,(H2,14,20)(H,17,19). The van der Waals surface area contributed by atoms with Gasteiger partial charge in [-0.05, 0) is 26.3 Å². The van der Waals surface area contributed by atoms with Crippen LogP contribution in [-0.2, 0) is 6.54 Å². The molecule has 0 aliphatic rings. The van der Waals surface area contributed by atoms with Crippen LogP contribution in [0.25, 0.3) is 0 Å². The van der Waals surface area contributed by atoms with Gasteiger partial charge in [0.1, 0.15) is 4.99 Å². The summed E-state index contributed by atoms with van der Waals surface area (Å²) in [5.74, 6) is 0.572. The molecule has 20 heavy (non-hydrogen) atoms. The molecule has 0 saturated carbocycles. The lowest BCUT2D eigenvalue weighted by Gasteiger charge is -2.12. The lowest BCUT2D eigenvalue weighted by atomic mass is 10.1. The summed E-state index contributed by atoms with van der Waals surface area (Å²) in [6.07, 6.45) is 3.44. The second-order valence-electron chi connectivity index (χ2n) is 4.50. The number of hydrogen-bond acceptors (Lipinski definition) is 6. The predicted octanol–water partition coefficient (Wildman–Crippen LogP) is 1.44. The predicted molar refractivity (Wildman–Crippen MR) is 81.5 cm³/mol. The number of nitrogens with zero attached hydrogens (tertiary/aromatic N) is 4. The van der Waals surface area contributed by atoms with Gasteiger partial charge in [-0.1, -0.05) is 12.2 Å². The number of nitrogens with two attached hydrogens (primary N) is 1. The number of anilines is 1. The van der Waals surface area contributed by atoms with Crippen molar-refractivity contribution in [1.29, 1.82) is 0 Å². The van der Waals surface area contributed by atoms with Gasteiger partial charge < -0.3 is 11.1 Å². The minimum atomic E-state index is 0.304. The van der Waals surface area contributed by atoms with E-state index in [1.807, 2.05) is 20.8 Å². The van der Waals surface area contributed by atoms with Crippen molar-refractivity contribution in [2.45, 2.75) is 27.3 Å². The normalized spacial score (nSPS) is 10.3. The molecular formula is C13H16N6S. The first-order chi connectivity index (χ1) is 9.49. The topological polar surface area (TPSA) is 89.6 Å². The summed E-state index contributed by atoms with van der Waals surface area (Å²) in [6.45, 7) is 6.18. The minimum absolute atomic E-state index is 0.304. The molecule has 0 spiro atoms. The molecular weight excluding hydrogens is 272 g/mol. The van der Waals surface area contributed by atoms with Crippen molar-refractivity contribution in [3.8, 4) is 0 Å². The van der Waals surface area contributed by atoms with E-state index in [4.69, 9.17) is 18.0 Å². The molecule has 2 aromatic heterocycles. The summed E-state index contributed by atoms with van der Waals surface area (Å²) in [7, 11) is 0. The van der Waals surface area contributed by atoms with Crippen LogP contribution in [0.5, 0.6) is 0 Å². The highest BCUT2D eigenvalue weighted by Crippen LogP contribution is 2.18. The van der Waals surface area contributed by atoms with Crippen LogP contribution >= 0.6 is 12.2 Å². The van der Waals surface area contributed by atoms with Gasteiger partial charge >= 0.3 is 0 Å². The van der Waals surface area contributed by atoms with Crippen LogP contribution in [-0.4, -0.2) is 25.2 Å². The van der Waals surface area contributed by atoms with Crippen LogP contribution in [0.3, 0.4) is 0 Å². The highest BCUT2D eigenvalue weighted by atomic mass is 32.1. The number of nitrogens with one attached hydrogen (secondary N) is 1. The molecule has 0 atom stereocenters. The van der Waals surface area contributed by atoms with Crippen molar-refractivity contribution in [1.82, 2.24) is 20.2 Å². The Morgan fingerprint density at radius 1 is 1.20 bits per heavy atom. The average molecular weight is 288 g/mol. The smallest absolute Gasteiger partial charge is 0.159 e. The van der Waals surface area contributed by atoms with E-state index in [0.717, 1.165) is 28.2 Å². The molecule has 0 radical (unpaired) electrons. The van der Waals surface area contributed by atoms with E-state index in [0.29, 0.717) is 17.4 Å². The van der Waals surface area contributed by atoms with Crippen LogP contribution in [0.2, 0.25) is 0 Å². The average Bonchev–Trinajstić information content (AvgIpc) is 2.41. The Morgan fingerprint density at radius 3 is 2.55 bits per heavy atom. The van der Waals surface area contributed by atoms with Gasteiger partial charge in [-0.2, -0.15) is 5.10 Å². The molecule has 3 N–H and O–H groups in total. The maximum atomic E-state index is 5.77. The van der Waals surface area contributed by atoms with Gasteiger partial charge in [0.2, 0.25) is 0 Å². The van der Waals surface area contributed by atoms with Crippen molar-refractivity contribution in [2.75, 3.05) is 5.32 Å². The molecule has 2 aromatic rings. The molecule has 0 amide bonds. The maximum Gasteiger partial charge on any atom is 0.159 e. The van der Waals surface area contributed by atoms with Crippen molar-refractivity contribution in [2.24, 2.45) is 5.73 Å². The molecule has 0 aliphatic heterocycles. The van der Waals surface area contributed by atoms with Gasteiger partial charge in [0.15, 0.2) is 5.82 Å². The summed E-state index contributed by atoms with van der Waals surface area (Å²) in [4.78, 5) is 8.77. The second kappa shape index (κ2) is 5.87. The SMILES string of the molecule is Cc1cnc(CNc2nnc(C)c(C)c2C(N)=S)cn1. The van der Waals surface area contributed by atoms with Gasteiger partial charge in [0, 0.05) is 6.20 Å². The fourth-order valence-corrected chi connectivity index (χ4v) is 1.97. The Labute approximate surface area is 122 Å². The third-order valence-corrected chi connectivity index (χ3v) is 3.18. The van der Waals surface area contributed by atoms with Gasteiger partial charge in [0.05, 0.1) is 35.4 Å².